The number of aromatic nitrogens is 2. The number of ether oxygens (including phenoxy) is 3. The predicted molar refractivity (Wildman–Crippen MR) is 111 cm³/mol. The van der Waals surface area contributed by atoms with Crippen LogP contribution in [0, 0.1) is 0 Å². The van der Waals surface area contributed by atoms with Gasteiger partial charge in [0.25, 0.3) is 0 Å². The first kappa shape index (κ1) is 19.6. The summed E-state index contributed by atoms with van der Waals surface area (Å²) < 4.78 is 16.6. The summed E-state index contributed by atoms with van der Waals surface area (Å²) >= 11 is 5.45. The van der Waals surface area contributed by atoms with Crippen molar-refractivity contribution in [1.29, 1.82) is 0 Å². The van der Waals surface area contributed by atoms with Gasteiger partial charge in [0.15, 0.2) is 5.11 Å². The van der Waals surface area contributed by atoms with E-state index in [-0.39, 0.29) is 6.10 Å². The van der Waals surface area contributed by atoms with E-state index in [1.807, 2.05) is 6.07 Å². The fraction of sp³-hybridized carbons (Fsp3) is 0.722. The highest BCUT2D eigenvalue weighted by Crippen LogP contribution is 2.23. The van der Waals surface area contributed by atoms with Gasteiger partial charge in [-0.1, -0.05) is 0 Å². The van der Waals surface area contributed by atoms with Crippen LogP contribution in [-0.2, 0) is 14.2 Å². The Morgan fingerprint density at radius 2 is 1.61 bits per heavy atom. The SMILES string of the molecule is S=C(NC[C@@H]1CCCO1)Nc1nc(N2CCOCC2)cc(N2CCOCC2)n1. The maximum absolute atomic E-state index is 5.63. The molecule has 4 heterocycles. The molecule has 10 heteroatoms. The quantitative estimate of drug-likeness (QED) is 0.676. The third kappa shape index (κ3) is 5.19. The molecule has 0 saturated carbocycles. The van der Waals surface area contributed by atoms with Gasteiger partial charge in [-0.2, -0.15) is 9.97 Å². The first-order valence-electron chi connectivity index (χ1n) is 9.99. The molecule has 3 aliphatic rings. The zero-order valence-corrected chi connectivity index (χ0v) is 16.9. The molecule has 0 radical (unpaired) electrons. The summed E-state index contributed by atoms with van der Waals surface area (Å²) in [6.45, 7) is 7.65. The van der Waals surface area contributed by atoms with Gasteiger partial charge in [0, 0.05) is 45.4 Å². The molecule has 1 atom stereocenters. The zero-order chi connectivity index (χ0) is 19.2. The molecule has 1 aromatic rings. The molecule has 0 aliphatic carbocycles. The maximum Gasteiger partial charge on any atom is 0.232 e. The molecule has 3 fully saturated rings. The minimum atomic E-state index is 0.226. The maximum atomic E-state index is 5.63. The predicted octanol–water partition coefficient (Wildman–Crippen LogP) is 0.615. The fourth-order valence-corrected chi connectivity index (χ4v) is 3.72. The van der Waals surface area contributed by atoms with E-state index in [9.17, 15) is 0 Å². The van der Waals surface area contributed by atoms with E-state index >= 15 is 0 Å². The molecule has 0 amide bonds. The Labute approximate surface area is 170 Å². The van der Waals surface area contributed by atoms with Gasteiger partial charge >= 0.3 is 0 Å². The van der Waals surface area contributed by atoms with E-state index in [1.54, 1.807) is 0 Å². The Kier molecular flexibility index (Phi) is 6.73. The van der Waals surface area contributed by atoms with Crippen molar-refractivity contribution >= 4 is 34.9 Å². The van der Waals surface area contributed by atoms with Gasteiger partial charge in [0.05, 0.1) is 32.5 Å². The van der Waals surface area contributed by atoms with Crippen LogP contribution in [0.25, 0.3) is 0 Å². The number of nitrogens with one attached hydrogen (secondary N) is 2. The number of morpholine rings is 2. The van der Waals surface area contributed by atoms with Crippen molar-refractivity contribution in [3.8, 4) is 0 Å². The van der Waals surface area contributed by atoms with Gasteiger partial charge in [0.1, 0.15) is 11.6 Å². The number of anilines is 3. The van der Waals surface area contributed by atoms with Crippen LogP contribution in [0.4, 0.5) is 17.6 Å². The van der Waals surface area contributed by atoms with Crippen LogP contribution in [0.2, 0.25) is 0 Å². The summed E-state index contributed by atoms with van der Waals surface area (Å²) in [4.78, 5) is 13.9. The highest BCUT2D eigenvalue weighted by atomic mass is 32.1. The minimum Gasteiger partial charge on any atom is -0.378 e. The average Bonchev–Trinajstić information content (AvgIpc) is 3.27. The molecule has 4 rings (SSSR count). The van der Waals surface area contributed by atoms with E-state index in [0.29, 0.717) is 44.0 Å². The van der Waals surface area contributed by atoms with Crippen molar-refractivity contribution < 1.29 is 14.2 Å². The van der Waals surface area contributed by atoms with Crippen LogP contribution in [0.5, 0.6) is 0 Å². The summed E-state index contributed by atoms with van der Waals surface area (Å²) in [5.41, 5.74) is 0. The van der Waals surface area contributed by atoms with Gasteiger partial charge in [0.2, 0.25) is 5.95 Å². The molecule has 0 spiro atoms. The molecule has 1 aromatic heterocycles. The first-order valence-corrected chi connectivity index (χ1v) is 10.4. The van der Waals surface area contributed by atoms with Gasteiger partial charge in [-0.3, -0.25) is 0 Å². The molecule has 3 saturated heterocycles. The van der Waals surface area contributed by atoms with Crippen molar-refractivity contribution in [3.63, 3.8) is 0 Å². The van der Waals surface area contributed by atoms with Crippen molar-refractivity contribution in [1.82, 2.24) is 15.3 Å². The molecule has 2 N–H and O–H groups in total. The Hall–Kier alpha value is -1.75. The third-order valence-electron chi connectivity index (χ3n) is 5.11. The molecule has 3 aliphatic heterocycles. The molecular weight excluding hydrogens is 380 g/mol. The lowest BCUT2D eigenvalue weighted by Crippen LogP contribution is -2.39. The van der Waals surface area contributed by atoms with E-state index in [1.165, 1.54) is 0 Å². The first-order chi connectivity index (χ1) is 13.8. The number of hydrogen-bond donors (Lipinski definition) is 2. The van der Waals surface area contributed by atoms with Crippen LogP contribution in [0.15, 0.2) is 6.07 Å². The normalized spacial score (nSPS) is 22.9. The fourth-order valence-electron chi connectivity index (χ4n) is 3.54. The lowest BCUT2D eigenvalue weighted by Gasteiger charge is -2.31. The van der Waals surface area contributed by atoms with Crippen LogP contribution in [-0.4, -0.2) is 86.9 Å². The summed E-state index contributed by atoms with van der Waals surface area (Å²) in [6.07, 6.45) is 2.41. The summed E-state index contributed by atoms with van der Waals surface area (Å²) in [7, 11) is 0. The largest absolute Gasteiger partial charge is 0.378 e. The number of thiocarbonyl (C=S) groups is 1. The summed E-state index contributed by atoms with van der Waals surface area (Å²) in [6, 6.07) is 2.05. The lowest BCUT2D eigenvalue weighted by atomic mass is 10.2. The highest BCUT2D eigenvalue weighted by molar-refractivity contribution is 7.80. The van der Waals surface area contributed by atoms with Gasteiger partial charge in [-0.25, -0.2) is 0 Å². The van der Waals surface area contributed by atoms with Crippen molar-refractivity contribution in [2.75, 3.05) is 80.9 Å². The second-order valence-electron chi connectivity index (χ2n) is 7.08. The van der Waals surface area contributed by atoms with E-state index < -0.39 is 0 Å². The van der Waals surface area contributed by atoms with E-state index in [2.05, 4.69) is 20.4 Å². The van der Waals surface area contributed by atoms with E-state index in [0.717, 1.165) is 57.3 Å². The van der Waals surface area contributed by atoms with Crippen molar-refractivity contribution in [3.05, 3.63) is 6.07 Å². The van der Waals surface area contributed by atoms with Gasteiger partial charge in [-0.15, -0.1) is 0 Å². The molecule has 0 unspecified atom stereocenters. The highest BCUT2D eigenvalue weighted by Gasteiger charge is 2.20. The second-order valence-corrected chi connectivity index (χ2v) is 7.49. The van der Waals surface area contributed by atoms with Crippen LogP contribution in [0.1, 0.15) is 12.8 Å². The average molecular weight is 409 g/mol. The van der Waals surface area contributed by atoms with Crippen LogP contribution < -0.4 is 20.4 Å². The monoisotopic (exact) mass is 408 g/mol. The Morgan fingerprint density at radius 1 is 1.00 bits per heavy atom. The topological polar surface area (TPSA) is 84.0 Å². The Bertz CT molecular complexity index is 624. The van der Waals surface area contributed by atoms with Crippen molar-refractivity contribution in [2.24, 2.45) is 0 Å². The molecular formula is C18H28N6O3S. The molecule has 0 bridgehead atoms. The summed E-state index contributed by atoms with van der Waals surface area (Å²) in [5.74, 6) is 2.30. The number of hydrogen-bond acceptors (Lipinski definition) is 8. The van der Waals surface area contributed by atoms with Crippen LogP contribution in [0.3, 0.4) is 0 Å². The Morgan fingerprint density at radius 3 is 2.14 bits per heavy atom. The molecule has 154 valence electrons. The summed E-state index contributed by atoms with van der Waals surface area (Å²) in [5, 5.41) is 6.89. The smallest absolute Gasteiger partial charge is 0.232 e. The molecule has 28 heavy (non-hydrogen) atoms. The lowest BCUT2D eigenvalue weighted by molar-refractivity contribution is 0.114. The number of nitrogens with zero attached hydrogens (tertiary/aromatic N) is 4. The third-order valence-corrected chi connectivity index (χ3v) is 5.36. The standard InChI is InChI=1S/C18H28N6O3S/c28-18(19-13-14-2-1-7-27-14)22-17-20-15(23-3-8-25-9-4-23)12-16(21-17)24-5-10-26-11-6-24/h12,14H,1-11,13H2,(H2,19,20,21,22,28)/t14-/m0/s1. The Balaban J connectivity index is 1.46. The molecule has 9 nitrogen and oxygen atoms in total. The van der Waals surface area contributed by atoms with E-state index in [4.69, 9.17) is 36.4 Å². The zero-order valence-electron chi connectivity index (χ0n) is 16.1. The molecule has 0 aromatic carbocycles. The van der Waals surface area contributed by atoms with Gasteiger partial charge < -0.3 is 34.6 Å². The van der Waals surface area contributed by atoms with Crippen LogP contribution >= 0.6 is 12.2 Å². The van der Waals surface area contributed by atoms with Crippen molar-refractivity contribution in [2.45, 2.75) is 18.9 Å². The minimum absolute atomic E-state index is 0.226. The number of rotatable bonds is 5. The van der Waals surface area contributed by atoms with Gasteiger partial charge in [-0.05, 0) is 25.1 Å². The second kappa shape index (κ2) is 9.64.